The van der Waals surface area contributed by atoms with E-state index < -0.39 is 0 Å². The summed E-state index contributed by atoms with van der Waals surface area (Å²) >= 11 is 0. The van der Waals surface area contributed by atoms with Crippen molar-refractivity contribution in [1.82, 2.24) is 20.0 Å². The Morgan fingerprint density at radius 3 is 3.00 bits per heavy atom. The van der Waals surface area contributed by atoms with Gasteiger partial charge in [-0.05, 0) is 49.2 Å². The number of hydrogen-bond donors (Lipinski definition) is 1. The first-order valence-electron chi connectivity index (χ1n) is 8.53. The number of nitrogens with zero attached hydrogens (tertiary/aromatic N) is 4. The summed E-state index contributed by atoms with van der Waals surface area (Å²) in [5.74, 6) is 1.79. The van der Waals surface area contributed by atoms with E-state index >= 15 is 0 Å². The highest BCUT2D eigenvalue weighted by Crippen LogP contribution is 2.27. The number of hydrogen-bond acceptors (Lipinski definition) is 6. The number of benzene rings is 1. The fraction of sp³-hybridized carbons (Fsp3) is 0.316. The molecule has 0 aliphatic carbocycles. The summed E-state index contributed by atoms with van der Waals surface area (Å²) in [6.45, 7) is 2.74. The van der Waals surface area contributed by atoms with Crippen LogP contribution in [0.5, 0.6) is 5.75 Å². The molecule has 4 rings (SSSR count). The molecule has 1 aromatic carbocycles. The zero-order chi connectivity index (χ0) is 17.1. The van der Waals surface area contributed by atoms with Crippen LogP contribution in [0.2, 0.25) is 0 Å². The molecule has 1 aliphatic heterocycles. The Balaban J connectivity index is 1.45. The van der Waals surface area contributed by atoms with Gasteiger partial charge in [0.05, 0.1) is 0 Å². The highest BCUT2D eigenvalue weighted by molar-refractivity contribution is 5.45. The Labute approximate surface area is 146 Å². The summed E-state index contributed by atoms with van der Waals surface area (Å²) in [5, 5.41) is 13.8. The smallest absolute Gasteiger partial charge is 0.276 e. The van der Waals surface area contributed by atoms with E-state index in [-0.39, 0.29) is 5.92 Å². The van der Waals surface area contributed by atoms with Gasteiger partial charge < -0.3 is 9.63 Å². The second kappa shape index (κ2) is 7.03. The van der Waals surface area contributed by atoms with E-state index in [0.717, 1.165) is 43.9 Å². The normalized spacial score (nSPS) is 18.3. The second-order valence-electron chi connectivity index (χ2n) is 6.42. The minimum Gasteiger partial charge on any atom is -0.508 e. The molecule has 128 valence electrons. The standard InChI is InChI=1S/C19H20N4O2/c24-16-7-3-5-14(11-16)12-23-10-4-6-15(13-23)18-21-19(25-22-18)17-8-1-2-9-20-17/h1-3,5,7-9,11,15,24H,4,6,10,12-13H2/t15-/m1/s1. The zero-order valence-electron chi connectivity index (χ0n) is 13.9. The van der Waals surface area contributed by atoms with Gasteiger partial charge >= 0.3 is 0 Å². The summed E-state index contributed by atoms with van der Waals surface area (Å²) in [5.41, 5.74) is 1.82. The highest BCUT2D eigenvalue weighted by atomic mass is 16.5. The van der Waals surface area contributed by atoms with Crippen LogP contribution < -0.4 is 0 Å². The Morgan fingerprint density at radius 1 is 1.20 bits per heavy atom. The van der Waals surface area contributed by atoms with Crippen molar-refractivity contribution in [3.05, 3.63) is 60.0 Å². The molecule has 0 spiro atoms. The number of phenols is 1. The van der Waals surface area contributed by atoms with Crippen molar-refractivity contribution in [2.75, 3.05) is 13.1 Å². The predicted octanol–water partition coefficient (Wildman–Crippen LogP) is 3.22. The van der Waals surface area contributed by atoms with Gasteiger partial charge in [0.1, 0.15) is 11.4 Å². The minimum absolute atomic E-state index is 0.257. The van der Waals surface area contributed by atoms with Crippen LogP contribution in [0, 0.1) is 0 Å². The molecule has 3 heterocycles. The molecule has 0 bridgehead atoms. The number of likely N-dealkylation sites (tertiary alicyclic amines) is 1. The van der Waals surface area contributed by atoms with E-state index in [2.05, 4.69) is 20.0 Å². The third-order valence-electron chi connectivity index (χ3n) is 4.51. The lowest BCUT2D eigenvalue weighted by Gasteiger charge is -2.31. The number of pyridine rings is 1. The third kappa shape index (κ3) is 3.69. The first-order valence-corrected chi connectivity index (χ1v) is 8.53. The Morgan fingerprint density at radius 2 is 2.16 bits per heavy atom. The monoisotopic (exact) mass is 336 g/mol. The third-order valence-corrected chi connectivity index (χ3v) is 4.51. The summed E-state index contributed by atoms with van der Waals surface area (Å²) in [7, 11) is 0. The molecule has 6 heteroatoms. The first-order chi connectivity index (χ1) is 12.3. The average Bonchev–Trinajstić information content (AvgIpc) is 3.13. The number of phenolic OH excluding ortho intramolecular Hbond substituents is 1. The van der Waals surface area contributed by atoms with Gasteiger partial charge in [0.15, 0.2) is 5.82 Å². The van der Waals surface area contributed by atoms with Crippen molar-refractivity contribution in [2.24, 2.45) is 0 Å². The SMILES string of the molecule is Oc1cccc(CN2CCC[C@@H](c3noc(-c4ccccn4)n3)C2)c1. The molecule has 0 unspecified atom stereocenters. The van der Waals surface area contributed by atoms with Crippen LogP contribution in [0.15, 0.2) is 53.2 Å². The fourth-order valence-corrected chi connectivity index (χ4v) is 3.32. The largest absolute Gasteiger partial charge is 0.508 e. The minimum atomic E-state index is 0.257. The fourth-order valence-electron chi connectivity index (χ4n) is 3.32. The van der Waals surface area contributed by atoms with Crippen LogP contribution in [0.4, 0.5) is 0 Å². The maximum absolute atomic E-state index is 9.63. The van der Waals surface area contributed by atoms with Gasteiger partial charge in [-0.3, -0.25) is 9.88 Å². The molecule has 0 amide bonds. The van der Waals surface area contributed by atoms with Gasteiger partial charge in [-0.25, -0.2) is 0 Å². The van der Waals surface area contributed by atoms with Crippen molar-refractivity contribution in [3.63, 3.8) is 0 Å². The van der Waals surface area contributed by atoms with Crippen molar-refractivity contribution in [1.29, 1.82) is 0 Å². The highest BCUT2D eigenvalue weighted by Gasteiger charge is 2.26. The van der Waals surface area contributed by atoms with E-state index in [9.17, 15) is 5.11 Å². The zero-order valence-corrected chi connectivity index (χ0v) is 13.9. The number of rotatable bonds is 4. The number of piperidine rings is 1. The molecule has 0 saturated carbocycles. The molecule has 1 aliphatic rings. The molecule has 1 atom stereocenters. The summed E-state index contributed by atoms with van der Waals surface area (Å²) < 4.78 is 5.40. The van der Waals surface area contributed by atoms with E-state index in [4.69, 9.17) is 4.52 Å². The first kappa shape index (κ1) is 15.8. The van der Waals surface area contributed by atoms with E-state index in [1.54, 1.807) is 12.3 Å². The topological polar surface area (TPSA) is 75.3 Å². The van der Waals surface area contributed by atoms with Crippen molar-refractivity contribution < 1.29 is 9.63 Å². The molecule has 1 N–H and O–H groups in total. The average molecular weight is 336 g/mol. The van der Waals surface area contributed by atoms with Gasteiger partial charge in [-0.1, -0.05) is 23.4 Å². The van der Waals surface area contributed by atoms with Crippen LogP contribution in [0.3, 0.4) is 0 Å². The summed E-state index contributed by atoms with van der Waals surface area (Å²) in [6, 6.07) is 13.1. The van der Waals surface area contributed by atoms with Gasteiger partial charge in [0, 0.05) is 25.2 Å². The lowest BCUT2D eigenvalue weighted by Crippen LogP contribution is -2.34. The number of aromatic hydroxyl groups is 1. The summed E-state index contributed by atoms with van der Waals surface area (Å²) in [4.78, 5) is 11.2. The Bertz CT molecular complexity index is 834. The molecule has 1 saturated heterocycles. The molecule has 25 heavy (non-hydrogen) atoms. The van der Waals surface area contributed by atoms with Crippen LogP contribution >= 0.6 is 0 Å². The molecule has 3 aromatic rings. The van der Waals surface area contributed by atoms with E-state index in [0.29, 0.717) is 17.3 Å². The van der Waals surface area contributed by atoms with Gasteiger partial charge in [-0.15, -0.1) is 0 Å². The number of aromatic nitrogens is 3. The molecule has 0 radical (unpaired) electrons. The van der Waals surface area contributed by atoms with Crippen molar-refractivity contribution in [3.8, 4) is 17.3 Å². The van der Waals surface area contributed by atoms with Gasteiger partial charge in [0.2, 0.25) is 0 Å². The molecule has 6 nitrogen and oxygen atoms in total. The molecular weight excluding hydrogens is 316 g/mol. The maximum atomic E-state index is 9.63. The molecular formula is C19H20N4O2. The van der Waals surface area contributed by atoms with Crippen LogP contribution in [-0.4, -0.2) is 38.2 Å². The van der Waals surface area contributed by atoms with Crippen LogP contribution in [-0.2, 0) is 6.54 Å². The van der Waals surface area contributed by atoms with Crippen molar-refractivity contribution in [2.45, 2.75) is 25.3 Å². The second-order valence-corrected chi connectivity index (χ2v) is 6.42. The quantitative estimate of drug-likeness (QED) is 0.788. The van der Waals surface area contributed by atoms with Gasteiger partial charge in [-0.2, -0.15) is 4.98 Å². The molecule has 1 fully saturated rings. The van der Waals surface area contributed by atoms with E-state index in [1.165, 1.54) is 0 Å². The lowest BCUT2D eigenvalue weighted by molar-refractivity contribution is 0.194. The van der Waals surface area contributed by atoms with Gasteiger partial charge in [0.25, 0.3) is 5.89 Å². The lowest BCUT2D eigenvalue weighted by atomic mass is 9.97. The van der Waals surface area contributed by atoms with Crippen LogP contribution in [0.25, 0.3) is 11.6 Å². The maximum Gasteiger partial charge on any atom is 0.276 e. The predicted molar refractivity (Wildman–Crippen MR) is 92.9 cm³/mol. The summed E-state index contributed by atoms with van der Waals surface area (Å²) in [6.07, 6.45) is 3.87. The Kier molecular flexibility index (Phi) is 4.43. The van der Waals surface area contributed by atoms with Crippen molar-refractivity contribution >= 4 is 0 Å². The van der Waals surface area contributed by atoms with Crippen LogP contribution in [0.1, 0.15) is 30.1 Å². The molecule has 2 aromatic heterocycles. The van der Waals surface area contributed by atoms with E-state index in [1.807, 2.05) is 36.4 Å². The Hall–Kier alpha value is -2.73.